The van der Waals surface area contributed by atoms with Crippen molar-refractivity contribution in [3.05, 3.63) is 34.4 Å². The Morgan fingerprint density at radius 3 is 2.85 bits per heavy atom. The van der Waals surface area contributed by atoms with E-state index in [-0.39, 0.29) is 29.7 Å². The molecule has 0 unspecified atom stereocenters. The maximum absolute atomic E-state index is 12.9. The van der Waals surface area contributed by atoms with Crippen LogP contribution in [0.3, 0.4) is 0 Å². The highest BCUT2D eigenvalue weighted by Gasteiger charge is 2.44. The fraction of sp³-hybridized carbons (Fsp3) is 0.500. The van der Waals surface area contributed by atoms with Gasteiger partial charge in [0.15, 0.2) is 0 Å². The molecule has 2 atom stereocenters. The van der Waals surface area contributed by atoms with Gasteiger partial charge in [0.2, 0.25) is 5.91 Å². The molecular formula is C18H21N3O6. The average Bonchev–Trinajstić information content (AvgIpc) is 2.96. The van der Waals surface area contributed by atoms with Crippen molar-refractivity contribution < 1.29 is 24.0 Å². The molecule has 9 heteroatoms. The van der Waals surface area contributed by atoms with Crippen molar-refractivity contribution >= 4 is 29.2 Å². The zero-order valence-electron chi connectivity index (χ0n) is 15.0. The van der Waals surface area contributed by atoms with Crippen molar-refractivity contribution in [2.24, 2.45) is 5.92 Å². The zero-order valence-corrected chi connectivity index (χ0v) is 15.0. The number of nitro benzene ring substituents is 1. The van der Waals surface area contributed by atoms with Crippen LogP contribution in [0.15, 0.2) is 24.3 Å². The number of nitro groups is 1. The second-order valence-electron chi connectivity index (χ2n) is 6.65. The summed E-state index contributed by atoms with van der Waals surface area (Å²) in [5.74, 6) is -1.41. The number of carbonyl (C=O) groups excluding carboxylic acids is 3. The summed E-state index contributed by atoms with van der Waals surface area (Å²) in [5.41, 5.74) is 0.0116. The third kappa shape index (κ3) is 3.82. The molecule has 0 aliphatic carbocycles. The van der Waals surface area contributed by atoms with E-state index in [4.69, 9.17) is 4.74 Å². The molecule has 144 valence electrons. The zero-order chi connectivity index (χ0) is 19.6. The van der Waals surface area contributed by atoms with Crippen LogP contribution in [0.2, 0.25) is 0 Å². The lowest BCUT2D eigenvalue weighted by Gasteiger charge is -2.34. The van der Waals surface area contributed by atoms with Gasteiger partial charge in [0, 0.05) is 18.7 Å². The van der Waals surface area contributed by atoms with Crippen LogP contribution < -0.4 is 4.90 Å². The highest BCUT2D eigenvalue weighted by molar-refractivity contribution is 6.22. The standard InChI is InChI=1S/C18H21N3O6/c1-2-27-18(24)12-5-4-8-19(11-12)15-10-16(22)20(17(15)23)13-6-3-7-14(9-13)21(25)26/h3,6-7,9,12,15H,2,4-5,8,10-11H2,1H3/t12-,15+/m0/s1. The van der Waals surface area contributed by atoms with Gasteiger partial charge >= 0.3 is 5.97 Å². The number of rotatable bonds is 5. The first-order valence-corrected chi connectivity index (χ1v) is 8.94. The summed E-state index contributed by atoms with van der Waals surface area (Å²) in [5, 5.41) is 11.0. The van der Waals surface area contributed by atoms with Gasteiger partial charge in [0.05, 0.1) is 35.6 Å². The number of piperidine rings is 1. The summed E-state index contributed by atoms with van der Waals surface area (Å²) >= 11 is 0. The number of nitrogens with zero attached hydrogens (tertiary/aromatic N) is 3. The van der Waals surface area contributed by atoms with Crippen molar-refractivity contribution in [3.63, 3.8) is 0 Å². The minimum atomic E-state index is -0.658. The van der Waals surface area contributed by atoms with Crippen molar-refractivity contribution in [1.82, 2.24) is 4.90 Å². The molecule has 0 bridgehead atoms. The molecule has 1 aromatic carbocycles. The van der Waals surface area contributed by atoms with Crippen LogP contribution in [0.4, 0.5) is 11.4 Å². The van der Waals surface area contributed by atoms with E-state index in [0.29, 0.717) is 26.1 Å². The summed E-state index contributed by atoms with van der Waals surface area (Å²) in [6, 6.07) is 4.81. The van der Waals surface area contributed by atoms with Crippen LogP contribution in [0.5, 0.6) is 0 Å². The van der Waals surface area contributed by atoms with Crippen LogP contribution in [-0.2, 0) is 19.1 Å². The molecule has 3 rings (SSSR count). The van der Waals surface area contributed by atoms with Gasteiger partial charge in [0.25, 0.3) is 11.6 Å². The number of likely N-dealkylation sites (tertiary alicyclic amines) is 1. The Balaban J connectivity index is 1.77. The first-order valence-electron chi connectivity index (χ1n) is 8.94. The predicted octanol–water partition coefficient (Wildman–Crippen LogP) is 1.50. The van der Waals surface area contributed by atoms with Gasteiger partial charge in [-0.3, -0.25) is 29.4 Å². The molecule has 27 heavy (non-hydrogen) atoms. The third-order valence-corrected chi connectivity index (χ3v) is 4.94. The molecule has 0 spiro atoms. The molecule has 2 fully saturated rings. The monoisotopic (exact) mass is 375 g/mol. The van der Waals surface area contributed by atoms with Crippen molar-refractivity contribution in [3.8, 4) is 0 Å². The minimum absolute atomic E-state index is 0.00291. The topological polar surface area (TPSA) is 110 Å². The number of esters is 1. The number of benzene rings is 1. The predicted molar refractivity (Wildman–Crippen MR) is 94.9 cm³/mol. The van der Waals surface area contributed by atoms with Gasteiger partial charge < -0.3 is 4.74 Å². The first-order chi connectivity index (χ1) is 12.9. The molecule has 0 aromatic heterocycles. The summed E-state index contributed by atoms with van der Waals surface area (Å²) in [4.78, 5) is 50.6. The van der Waals surface area contributed by atoms with Gasteiger partial charge in [-0.15, -0.1) is 0 Å². The van der Waals surface area contributed by atoms with Crippen LogP contribution >= 0.6 is 0 Å². The summed E-state index contributed by atoms with van der Waals surface area (Å²) in [6.45, 7) is 3.03. The van der Waals surface area contributed by atoms with E-state index in [1.165, 1.54) is 24.3 Å². The molecule has 0 N–H and O–H groups in total. The third-order valence-electron chi connectivity index (χ3n) is 4.94. The number of hydrogen-bond acceptors (Lipinski definition) is 7. The maximum Gasteiger partial charge on any atom is 0.310 e. The number of imide groups is 1. The quantitative estimate of drug-likeness (QED) is 0.332. The largest absolute Gasteiger partial charge is 0.466 e. The van der Waals surface area contributed by atoms with E-state index in [1.54, 1.807) is 6.92 Å². The van der Waals surface area contributed by atoms with E-state index in [2.05, 4.69) is 0 Å². The fourth-order valence-electron chi connectivity index (χ4n) is 3.66. The Hall–Kier alpha value is -2.81. The Kier molecular flexibility index (Phi) is 5.50. The van der Waals surface area contributed by atoms with Crippen LogP contribution in [0, 0.1) is 16.0 Å². The smallest absolute Gasteiger partial charge is 0.310 e. The summed E-state index contributed by atoms with van der Waals surface area (Å²) in [6.07, 6.45) is 1.42. The van der Waals surface area contributed by atoms with Gasteiger partial charge in [0.1, 0.15) is 0 Å². The second-order valence-corrected chi connectivity index (χ2v) is 6.65. The second kappa shape index (κ2) is 7.83. The highest BCUT2D eigenvalue weighted by atomic mass is 16.6. The molecule has 2 aliphatic heterocycles. The molecule has 2 amide bonds. The minimum Gasteiger partial charge on any atom is -0.466 e. The van der Waals surface area contributed by atoms with Gasteiger partial charge in [-0.05, 0) is 32.4 Å². The van der Waals surface area contributed by atoms with Gasteiger partial charge in [-0.2, -0.15) is 0 Å². The molecule has 2 aliphatic rings. The van der Waals surface area contributed by atoms with Crippen molar-refractivity contribution in [2.75, 3.05) is 24.6 Å². The molecule has 2 heterocycles. The van der Waals surface area contributed by atoms with Crippen LogP contribution in [0.25, 0.3) is 0 Å². The Morgan fingerprint density at radius 1 is 1.37 bits per heavy atom. The number of hydrogen-bond donors (Lipinski definition) is 0. The molecule has 2 saturated heterocycles. The molecular weight excluding hydrogens is 354 g/mol. The molecule has 0 saturated carbocycles. The lowest BCUT2D eigenvalue weighted by molar-refractivity contribution is -0.384. The van der Waals surface area contributed by atoms with Gasteiger partial charge in [-0.25, -0.2) is 4.90 Å². The highest BCUT2D eigenvalue weighted by Crippen LogP contribution is 2.30. The average molecular weight is 375 g/mol. The van der Waals surface area contributed by atoms with E-state index < -0.39 is 22.8 Å². The molecule has 1 aromatic rings. The van der Waals surface area contributed by atoms with Crippen molar-refractivity contribution in [1.29, 1.82) is 0 Å². The number of carbonyl (C=O) groups is 3. The first kappa shape index (κ1) is 19.0. The summed E-state index contributed by atoms with van der Waals surface area (Å²) < 4.78 is 5.07. The normalized spacial score (nSPS) is 23.5. The number of non-ortho nitro benzene ring substituents is 1. The van der Waals surface area contributed by atoms with E-state index in [0.717, 1.165) is 11.3 Å². The lowest BCUT2D eigenvalue weighted by atomic mass is 9.96. The Morgan fingerprint density at radius 2 is 2.15 bits per heavy atom. The van der Waals surface area contributed by atoms with E-state index in [1.807, 2.05) is 4.90 Å². The Bertz CT molecular complexity index is 780. The summed E-state index contributed by atoms with van der Waals surface area (Å²) in [7, 11) is 0. The number of anilines is 1. The molecule has 0 radical (unpaired) electrons. The fourth-order valence-corrected chi connectivity index (χ4v) is 3.66. The Labute approximate surface area is 156 Å². The number of ether oxygens (including phenoxy) is 1. The van der Waals surface area contributed by atoms with E-state index >= 15 is 0 Å². The number of amides is 2. The van der Waals surface area contributed by atoms with E-state index in [9.17, 15) is 24.5 Å². The van der Waals surface area contributed by atoms with Crippen LogP contribution in [-0.4, -0.2) is 53.3 Å². The van der Waals surface area contributed by atoms with Gasteiger partial charge in [-0.1, -0.05) is 6.07 Å². The lowest BCUT2D eigenvalue weighted by Crippen LogP contribution is -2.48. The SMILES string of the molecule is CCOC(=O)[C@H]1CCCN([C@@H]2CC(=O)N(c3cccc([N+](=O)[O-])c3)C2=O)C1. The van der Waals surface area contributed by atoms with Crippen molar-refractivity contribution in [2.45, 2.75) is 32.2 Å². The molecule has 9 nitrogen and oxygen atoms in total. The van der Waals surface area contributed by atoms with Crippen LogP contribution in [0.1, 0.15) is 26.2 Å². The maximum atomic E-state index is 12.9.